The molecule has 0 N–H and O–H groups in total. The standard InChI is InChI=1S/C55H34N4S/c1-3-14-35(15-4-1)40-26-29-45(49(34-40)59-47-24-11-9-23-44(47)52-42-21-8-7-16-36(42)27-30-48(52)59)55-57-53(37-17-5-2-6-18-37)56-54(58-55)41-20-13-19-38(32-41)39-28-31-51-46(33-39)43-22-10-12-25-50(43)60-51/h1-34H. The van der Waals surface area contributed by atoms with Crippen molar-refractivity contribution in [2.24, 2.45) is 0 Å². The number of para-hydroxylation sites is 1. The van der Waals surface area contributed by atoms with Crippen LogP contribution in [-0.4, -0.2) is 19.5 Å². The molecule has 280 valence electrons. The van der Waals surface area contributed by atoms with Gasteiger partial charge in [0.05, 0.1) is 16.7 Å². The van der Waals surface area contributed by atoms with Crippen molar-refractivity contribution in [2.75, 3.05) is 0 Å². The van der Waals surface area contributed by atoms with E-state index in [4.69, 9.17) is 15.0 Å². The van der Waals surface area contributed by atoms with Crippen LogP contribution in [0, 0.1) is 0 Å². The number of thiophene rings is 1. The van der Waals surface area contributed by atoms with Crippen molar-refractivity contribution in [1.29, 1.82) is 0 Å². The van der Waals surface area contributed by atoms with Gasteiger partial charge in [-0.3, -0.25) is 0 Å². The molecule has 0 fully saturated rings. The first-order valence-electron chi connectivity index (χ1n) is 20.2. The first kappa shape index (κ1) is 34.3. The summed E-state index contributed by atoms with van der Waals surface area (Å²) in [6.07, 6.45) is 0. The summed E-state index contributed by atoms with van der Waals surface area (Å²) >= 11 is 1.84. The fourth-order valence-electron chi connectivity index (χ4n) is 8.80. The van der Waals surface area contributed by atoms with Crippen molar-refractivity contribution in [3.8, 4) is 62.1 Å². The molecule has 0 aliphatic heterocycles. The lowest BCUT2D eigenvalue weighted by Gasteiger charge is -2.16. The molecule has 0 radical (unpaired) electrons. The maximum atomic E-state index is 5.37. The van der Waals surface area contributed by atoms with Gasteiger partial charge in [-0.1, -0.05) is 158 Å². The number of nitrogens with zero attached hydrogens (tertiary/aromatic N) is 4. The molecule has 0 amide bonds. The Hall–Kier alpha value is -7.73. The molecule has 0 atom stereocenters. The minimum atomic E-state index is 0.608. The highest BCUT2D eigenvalue weighted by Crippen LogP contribution is 2.41. The van der Waals surface area contributed by atoms with Crippen LogP contribution in [0.5, 0.6) is 0 Å². The van der Waals surface area contributed by atoms with Crippen LogP contribution in [0.25, 0.3) is 115 Å². The summed E-state index contributed by atoms with van der Waals surface area (Å²) in [6.45, 7) is 0. The Bertz CT molecular complexity index is 3610. The molecule has 0 unspecified atom stereocenters. The van der Waals surface area contributed by atoms with E-state index in [0.29, 0.717) is 17.5 Å². The molecule has 0 aliphatic rings. The molecule has 0 spiro atoms. The van der Waals surface area contributed by atoms with Gasteiger partial charge >= 0.3 is 0 Å². The monoisotopic (exact) mass is 782 g/mol. The lowest BCUT2D eigenvalue weighted by molar-refractivity contribution is 1.06. The third-order valence-corrected chi connectivity index (χ3v) is 12.8. The van der Waals surface area contributed by atoms with Crippen LogP contribution in [0.1, 0.15) is 0 Å². The molecule has 3 aromatic heterocycles. The van der Waals surface area contributed by atoms with Gasteiger partial charge in [-0.05, 0) is 81.6 Å². The van der Waals surface area contributed by atoms with Crippen molar-refractivity contribution < 1.29 is 0 Å². The molecule has 12 aromatic rings. The Labute approximate surface area is 350 Å². The van der Waals surface area contributed by atoms with Crippen LogP contribution >= 0.6 is 11.3 Å². The Morgan fingerprint density at radius 1 is 0.333 bits per heavy atom. The molecule has 0 saturated heterocycles. The zero-order chi connectivity index (χ0) is 39.6. The van der Waals surface area contributed by atoms with Crippen LogP contribution in [0.15, 0.2) is 206 Å². The third-order valence-electron chi connectivity index (χ3n) is 11.6. The van der Waals surface area contributed by atoms with Gasteiger partial charge in [-0.25, -0.2) is 15.0 Å². The molecule has 0 aliphatic carbocycles. The second-order valence-corrected chi connectivity index (χ2v) is 16.3. The average molecular weight is 783 g/mol. The number of fused-ring (bicyclic) bond motifs is 8. The Morgan fingerprint density at radius 2 is 0.933 bits per heavy atom. The van der Waals surface area contributed by atoms with E-state index < -0.39 is 0 Å². The minimum Gasteiger partial charge on any atom is -0.308 e. The lowest BCUT2D eigenvalue weighted by atomic mass is 10.00. The van der Waals surface area contributed by atoms with Crippen LogP contribution < -0.4 is 0 Å². The highest BCUT2D eigenvalue weighted by molar-refractivity contribution is 7.25. The summed E-state index contributed by atoms with van der Waals surface area (Å²) in [6, 6.07) is 73.4. The van der Waals surface area contributed by atoms with E-state index in [1.807, 2.05) is 29.5 Å². The summed E-state index contributed by atoms with van der Waals surface area (Å²) in [4.78, 5) is 15.8. The molecular weight excluding hydrogens is 749 g/mol. The average Bonchev–Trinajstić information content (AvgIpc) is 3.87. The summed E-state index contributed by atoms with van der Waals surface area (Å²) in [5, 5.41) is 7.43. The van der Waals surface area contributed by atoms with Crippen molar-refractivity contribution in [3.63, 3.8) is 0 Å². The third kappa shape index (κ3) is 5.70. The summed E-state index contributed by atoms with van der Waals surface area (Å²) in [7, 11) is 0. The SMILES string of the molecule is c1ccc(-c2ccc(-c3nc(-c4ccccc4)nc(-c4cccc(-c5ccc6sc7ccccc7c6c5)c4)n3)c(-n3c4ccccc4c4c5ccccc5ccc43)c2)cc1. The van der Waals surface area contributed by atoms with Gasteiger partial charge in [-0.15, -0.1) is 11.3 Å². The summed E-state index contributed by atoms with van der Waals surface area (Å²) in [5.74, 6) is 1.85. The van der Waals surface area contributed by atoms with Gasteiger partial charge in [0.2, 0.25) is 0 Å². The second kappa shape index (κ2) is 14.0. The van der Waals surface area contributed by atoms with Crippen LogP contribution in [0.2, 0.25) is 0 Å². The Kier molecular flexibility index (Phi) is 8.00. The van der Waals surface area contributed by atoms with Gasteiger partial charge in [0.15, 0.2) is 17.5 Å². The fraction of sp³-hybridized carbons (Fsp3) is 0. The Balaban J connectivity index is 1.09. The van der Waals surface area contributed by atoms with Crippen molar-refractivity contribution in [2.45, 2.75) is 0 Å². The highest BCUT2D eigenvalue weighted by Gasteiger charge is 2.21. The molecule has 5 heteroatoms. The molecular formula is C55H34N4S. The maximum Gasteiger partial charge on any atom is 0.166 e. The van der Waals surface area contributed by atoms with E-state index in [1.54, 1.807) is 0 Å². The minimum absolute atomic E-state index is 0.608. The van der Waals surface area contributed by atoms with E-state index >= 15 is 0 Å². The highest BCUT2D eigenvalue weighted by atomic mass is 32.1. The molecule has 0 bridgehead atoms. The quantitative estimate of drug-likeness (QED) is 0.169. The van der Waals surface area contributed by atoms with E-state index in [0.717, 1.165) is 55.7 Å². The maximum absolute atomic E-state index is 5.37. The van der Waals surface area contributed by atoms with Gasteiger partial charge < -0.3 is 4.57 Å². The van der Waals surface area contributed by atoms with Crippen LogP contribution in [0.3, 0.4) is 0 Å². The largest absolute Gasteiger partial charge is 0.308 e. The van der Waals surface area contributed by atoms with Gasteiger partial charge in [0, 0.05) is 47.6 Å². The van der Waals surface area contributed by atoms with Crippen molar-refractivity contribution in [1.82, 2.24) is 19.5 Å². The number of rotatable bonds is 6. The van der Waals surface area contributed by atoms with Gasteiger partial charge in [0.1, 0.15) is 0 Å². The van der Waals surface area contributed by atoms with Crippen LogP contribution in [0.4, 0.5) is 0 Å². The van der Waals surface area contributed by atoms with Gasteiger partial charge in [-0.2, -0.15) is 0 Å². The zero-order valence-corrected chi connectivity index (χ0v) is 33.1. The summed E-state index contributed by atoms with van der Waals surface area (Å²) < 4.78 is 4.99. The molecule has 12 rings (SSSR count). The van der Waals surface area contributed by atoms with Crippen molar-refractivity contribution >= 4 is 64.1 Å². The van der Waals surface area contributed by atoms with E-state index in [9.17, 15) is 0 Å². The predicted octanol–water partition coefficient (Wildman–Crippen LogP) is 14.8. The molecule has 0 saturated carbocycles. The predicted molar refractivity (Wildman–Crippen MR) is 252 cm³/mol. The lowest BCUT2D eigenvalue weighted by Crippen LogP contribution is -2.04. The molecule has 9 aromatic carbocycles. The first-order chi connectivity index (χ1) is 29.7. The molecule has 3 heterocycles. The van der Waals surface area contributed by atoms with E-state index in [2.05, 4.69) is 193 Å². The first-order valence-corrected chi connectivity index (χ1v) is 21.0. The second-order valence-electron chi connectivity index (χ2n) is 15.2. The zero-order valence-electron chi connectivity index (χ0n) is 32.3. The van der Waals surface area contributed by atoms with E-state index in [1.165, 1.54) is 41.7 Å². The van der Waals surface area contributed by atoms with Gasteiger partial charge in [0.25, 0.3) is 0 Å². The Morgan fingerprint density at radius 3 is 1.78 bits per heavy atom. The number of benzene rings is 9. The topological polar surface area (TPSA) is 43.6 Å². The number of hydrogen-bond donors (Lipinski definition) is 0. The smallest absolute Gasteiger partial charge is 0.166 e. The normalized spacial score (nSPS) is 11.7. The van der Waals surface area contributed by atoms with Crippen molar-refractivity contribution in [3.05, 3.63) is 206 Å². The number of hydrogen-bond acceptors (Lipinski definition) is 4. The van der Waals surface area contributed by atoms with Crippen LogP contribution in [-0.2, 0) is 0 Å². The summed E-state index contributed by atoms with van der Waals surface area (Å²) in [5.41, 5.74) is 10.5. The van der Waals surface area contributed by atoms with E-state index in [-0.39, 0.29) is 0 Å². The number of aromatic nitrogens is 4. The molecule has 4 nitrogen and oxygen atoms in total. The fourth-order valence-corrected chi connectivity index (χ4v) is 9.89. The molecule has 60 heavy (non-hydrogen) atoms.